The van der Waals surface area contributed by atoms with E-state index in [9.17, 15) is 10.1 Å². The summed E-state index contributed by atoms with van der Waals surface area (Å²) in [5.41, 5.74) is -0.0614. The first-order valence-electron chi connectivity index (χ1n) is 6.96. The van der Waals surface area contributed by atoms with Crippen molar-refractivity contribution in [1.82, 2.24) is 0 Å². The molecule has 0 spiro atoms. The van der Waals surface area contributed by atoms with Gasteiger partial charge in [-0.3, -0.25) is 10.1 Å². The summed E-state index contributed by atoms with van der Waals surface area (Å²) in [6.07, 6.45) is 0. The molecule has 1 aromatic carbocycles. The second-order valence-corrected chi connectivity index (χ2v) is 4.13. The van der Waals surface area contributed by atoms with Crippen LogP contribution in [0, 0.1) is 10.1 Å². The molecule has 0 radical (unpaired) electrons. The van der Waals surface area contributed by atoms with Gasteiger partial charge in [0.05, 0.1) is 51.2 Å². The van der Waals surface area contributed by atoms with Crippen molar-refractivity contribution in [3.05, 3.63) is 34.4 Å². The lowest BCUT2D eigenvalue weighted by Crippen LogP contribution is -2.13. The molecule has 0 aliphatic carbocycles. The molecular formula is C14H21NO7. The van der Waals surface area contributed by atoms with Gasteiger partial charge in [0.1, 0.15) is 6.61 Å². The highest BCUT2D eigenvalue weighted by Crippen LogP contribution is 2.25. The summed E-state index contributed by atoms with van der Waals surface area (Å²) in [7, 11) is 0. The summed E-state index contributed by atoms with van der Waals surface area (Å²) in [5, 5.41) is 19.3. The van der Waals surface area contributed by atoms with Gasteiger partial charge in [-0.2, -0.15) is 0 Å². The number of aliphatic hydroxyl groups excluding tert-OH is 1. The van der Waals surface area contributed by atoms with Crippen molar-refractivity contribution in [2.24, 2.45) is 0 Å². The molecule has 1 N–H and O–H groups in total. The minimum Gasteiger partial charge on any atom is -0.484 e. The SMILES string of the molecule is O=[N+]([O-])c1ccccc1OCCOCCOCCOCCO. The molecule has 0 saturated carbocycles. The van der Waals surface area contributed by atoms with Gasteiger partial charge in [-0.25, -0.2) is 0 Å². The van der Waals surface area contributed by atoms with Crippen LogP contribution in [0.15, 0.2) is 24.3 Å². The number of nitrogens with zero attached hydrogens (tertiary/aromatic N) is 1. The van der Waals surface area contributed by atoms with Crippen LogP contribution in [0.5, 0.6) is 5.75 Å². The van der Waals surface area contributed by atoms with Gasteiger partial charge in [0, 0.05) is 6.07 Å². The van der Waals surface area contributed by atoms with Crippen LogP contribution in [0.3, 0.4) is 0 Å². The van der Waals surface area contributed by atoms with Crippen LogP contribution in [0.1, 0.15) is 0 Å². The Morgan fingerprint density at radius 1 is 0.909 bits per heavy atom. The molecule has 8 nitrogen and oxygen atoms in total. The Hall–Kier alpha value is -1.74. The highest BCUT2D eigenvalue weighted by atomic mass is 16.6. The van der Waals surface area contributed by atoms with E-state index in [0.29, 0.717) is 39.6 Å². The standard InChI is InChI=1S/C14H21NO7/c16-5-6-19-7-8-20-9-10-21-11-12-22-14-4-2-1-3-13(14)15(17)18/h1-4,16H,5-12H2. The predicted octanol–water partition coefficient (Wildman–Crippen LogP) is 1.02. The minimum atomic E-state index is -0.483. The summed E-state index contributed by atoms with van der Waals surface area (Å²) in [6, 6.07) is 6.20. The normalized spacial score (nSPS) is 10.6. The molecule has 8 heteroatoms. The van der Waals surface area contributed by atoms with Gasteiger partial charge in [-0.1, -0.05) is 12.1 Å². The molecule has 0 aliphatic heterocycles. The van der Waals surface area contributed by atoms with Gasteiger partial charge in [-0.05, 0) is 6.07 Å². The van der Waals surface area contributed by atoms with E-state index in [0.717, 1.165) is 0 Å². The Bertz CT molecular complexity index is 427. The number of rotatable bonds is 13. The van der Waals surface area contributed by atoms with Crippen LogP contribution in [0.25, 0.3) is 0 Å². The lowest BCUT2D eigenvalue weighted by molar-refractivity contribution is -0.385. The summed E-state index contributed by atoms with van der Waals surface area (Å²) >= 11 is 0. The molecule has 22 heavy (non-hydrogen) atoms. The molecule has 0 aliphatic rings. The Kier molecular flexibility index (Phi) is 9.88. The molecule has 0 bridgehead atoms. The largest absolute Gasteiger partial charge is 0.484 e. The fourth-order valence-electron chi connectivity index (χ4n) is 1.55. The van der Waals surface area contributed by atoms with Gasteiger partial charge in [0.2, 0.25) is 0 Å². The zero-order chi connectivity index (χ0) is 16.0. The van der Waals surface area contributed by atoms with Crippen molar-refractivity contribution in [3.8, 4) is 5.75 Å². The molecular weight excluding hydrogens is 294 g/mol. The van der Waals surface area contributed by atoms with Crippen molar-refractivity contribution in [1.29, 1.82) is 0 Å². The third kappa shape index (κ3) is 7.89. The number of para-hydroxylation sites is 2. The first kappa shape index (κ1) is 18.3. The number of hydrogen-bond acceptors (Lipinski definition) is 7. The molecule has 0 atom stereocenters. The Morgan fingerprint density at radius 2 is 1.45 bits per heavy atom. The third-order valence-corrected chi connectivity index (χ3v) is 2.53. The predicted molar refractivity (Wildman–Crippen MR) is 78.1 cm³/mol. The van der Waals surface area contributed by atoms with Crippen LogP contribution in [0.2, 0.25) is 0 Å². The van der Waals surface area contributed by atoms with Gasteiger partial charge in [0.25, 0.3) is 0 Å². The molecule has 124 valence electrons. The van der Waals surface area contributed by atoms with E-state index in [4.69, 9.17) is 24.1 Å². The Morgan fingerprint density at radius 3 is 2.05 bits per heavy atom. The molecule has 0 saturated heterocycles. The van der Waals surface area contributed by atoms with Crippen molar-refractivity contribution >= 4 is 5.69 Å². The van der Waals surface area contributed by atoms with Crippen molar-refractivity contribution in [2.75, 3.05) is 52.9 Å². The number of benzene rings is 1. The van der Waals surface area contributed by atoms with Crippen molar-refractivity contribution < 1.29 is 29.0 Å². The minimum absolute atomic E-state index is 0.00267. The fourth-order valence-corrected chi connectivity index (χ4v) is 1.55. The average Bonchev–Trinajstić information content (AvgIpc) is 2.53. The highest BCUT2D eigenvalue weighted by Gasteiger charge is 2.12. The molecule has 0 fully saturated rings. The van der Waals surface area contributed by atoms with Crippen LogP contribution in [-0.2, 0) is 14.2 Å². The first-order valence-corrected chi connectivity index (χ1v) is 6.96. The van der Waals surface area contributed by atoms with E-state index in [1.165, 1.54) is 6.07 Å². The van der Waals surface area contributed by atoms with E-state index in [1.54, 1.807) is 18.2 Å². The summed E-state index contributed by atoms with van der Waals surface area (Å²) in [4.78, 5) is 10.3. The van der Waals surface area contributed by atoms with E-state index in [1.807, 2.05) is 0 Å². The summed E-state index contributed by atoms with van der Waals surface area (Å²) in [5.74, 6) is 0.230. The maximum Gasteiger partial charge on any atom is 0.310 e. The topological polar surface area (TPSA) is 100 Å². The molecule has 0 amide bonds. The lowest BCUT2D eigenvalue weighted by Gasteiger charge is -2.08. The number of nitro benzene ring substituents is 1. The van der Waals surface area contributed by atoms with Gasteiger partial charge < -0.3 is 24.1 Å². The number of aliphatic hydroxyl groups is 1. The number of nitro groups is 1. The molecule has 0 unspecified atom stereocenters. The highest BCUT2D eigenvalue weighted by molar-refractivity contribution is 5.45. The van der Waals surface area contributed by atoms with E-state index in [2.05, 4.69) is 0 Å². The summed E-state index contributed by atoms with van der Waals surface area (Å²) in [6.45, 7) is 2.55. The zero-order valence-electron chi connectivity index (χ0n) is 12.3. The summed E-state index contributed by atoms with van der Waals surface area (Å²) < 4.78 is 20.9. The number of hydrogen-bond donors (Lipinski definition) is 1. The van der Waals surface area contributed by atoms with E-state index in [-0.39, 0.29) is 24.7 Å². The molecule has 0 aromatic heterocycles. The van der Waals surface area contributed by atoms with Crippen molar-refractivity contribution in [3.63, 3.8) is 0 Å². The lowest BCUT2D eigenvalue weighted by atomic mass is 10.3. The van der Waals surface area contributed by atoms with Crippen LogP contribution >= 0.6 is 0 Å². The molecule has 0 heterocycles. The smallest absolute Gasteiger partial charge is 0.310 e. The number of ether oxygens (including phenoxy) is 4. The van der Waals surface area contributed by atoms with Crippen LogP contribution in [-0.4, -0.2) is 62.9 Å². The second kappa shape index (κ2) is 11.9. The second-order valence-electron chi connectivity index (χ2n) is 4.13. The van der Waals surface area contributed by atoms with Gasteiger partial charge in [0.15, 0.2) is 5.75 Å². The third-order valence-electron chi connectivity index (χ3n) is 2.53. The van der Waals surface area contributed by atoms with Crippen molar-refractivity contribution in [2.45, 2.75) is 0 Å². The van der Waals surface area contributed by atoms with Crippen LogP contribution in [0.4, 0.5) is 5.69 Å². The Balaban J connectivity index is 2.01. The van der Waals surface area contributed by atoms with E-state index < -0.39 is 4.92 Å². The average molecular weight is 315 g/mol. The van der Waals surface area contributed by atoms with Crippen LogP contribution < -0.4 is 4.74 Å². The van der Waals surface area contributed by atoms with Gasteiger partial charge in [-0.15, -0.1) is 0 Å². The molecule has 1 aromatic rings. The first-order chi connectivity index (χ1) is 10.8. The van der Waals surface area contributed by atoms with E-state index >= 15 is 0 Å². The monoisotopic (exact) mass is 315 g/mol. The maximum absolute atomic E-state index is 10.8. The Labute approximate surface area is 128 Å². The maximum atomic E-state index is 10.8. The fraction of sp³-hybridized carbons (Fsp3) is 0.571. The van der Waals surface area contributed by atoms with Gasteiger partial charge >= 0.3 is 5.69 Å². The quantitative estimate of drug-likeness (QED) is 0.329. The zero-order valence-corrected chi connectivity index (χ0v) is 12.3. The molecule has 1 rings (SSSR count).